The fraction of sp³-hybridized carbons (Fsp3) is 0.167. The van der Waals surface area contributed by atoms with E-state index in [9.17, 15) is 8.78 Å². The summed E-state index contributed by atoms with van der Waals surface area (Å²) in [7, 11) is 0. The topological polar surface area (TPSA) is 13.1 Å². The first-order chi connectivity index (χ1) is 7.66. The van der Waals surface area contributed by atoms with Crippen molar-refractivity contribution in [1.82, 2.24) is 0 Å². The van der Waals surface area contributed by atoms with Crippen LogP contribution < -0.4 is 0 Å². The Balaban J connectivity index is 2.15. The summed E-state index contributed by atoms with van der Waals surface area (Å²) in [6.45, 7) is 0. The molecule has 4 heteroatoms. The fourth-order valence-corrected chi connectivity index (χ4v) is 2.06. The molecule has 16 heavy (non-hydrogen) atoms. The summed E-state index contributed by atoms with van der Waals surface area (Å²) in [6, 6.07) is 7.16. The standard InChI is InChI=1S/C12H9BrF2O/c13-10(12-2-1-5-16-12)6-8-3-4-9(14)7-11(8)15/h1-5,7,10H,6H2. The minimum atomic E-state index is -0.564. The van der Waals surface area contributed by atoms with Gasteiger partial charge in [-0.05, 0) is 30.2 Å². The molecule has 1 nitrogen and oxygen atoms in total. The maximum absolute atomic E-state index is 13.4. The highest BCUT2D eigenvalue weighted by Crippen LogP contribution is 2.28. The van der Waals surface area contributed by atoms with Crippen LogP contribution in [0.3, 0.4) is 0 Å². The molecule has 1 unspecified atom stereocenters. The van der Waals surface area contributed by atoms with Gasteiger partial charge in [0.05, 0.1) is 11.1 Å². The van der Waals surface area contributed by atoms with E-state index in [1.165, 1.54) is 12.1 Å². The summed E-state index contributed by atoms with van der Waals surface area (Å²) in [5.41, 5.74) is 0.458. The van der Waals surface area contributed by atoms with Gasteiger partial charge >= 0.3 is 0 Å². The molecule has 0 aliphatic rings. The first-order valence-corrected chi connectivity index (χ1v) is 5.70. The molecule has 0 saturated carbocycles. The van der Waals surface area contributed by atoms with Gasteiger partial charge in [-0.2, -0.15) is 0 Å². The van der Waals surface area contributed by atoms with E-state index in [4.69, 9.17) is 4.42 Å². The Kier molecular flexibility index (Phi) is 3.39. The monoisotopic (exact) mass is 286 g/mol. The summed E-state index contributed by atoms with van der Waals surface area (Å²) < 4.78 is 31.2. The summed E-state index contributed by atoms with van der Waals surface area (Å²) in [4.78, 5) is -0.109. The SMILES string of the molecule is Fc1ccc(CC(Br)c2ccco2)c(F)c1. The smallest absolute Gasteiger partial charge is 0.129 e. The molecular formula is C12H9BrF2O. The first kappa shape index (κ1) is 11.3. The molecule has 1 atom stereocenters. The maximum atomic E-state index is 13.4. The molecule has 84 valence electrons. The molecule has 1 aromatic heterocycles. The van der Waals surface area contributed by atoms with E-state index in [1.54, 1.807) is 18.4 Å². The average Bonchev–Trinajstić information content (AvgIpc) is 2.75. The van der Waals surface area contributed by atoms with Gasteiger partial charge in [-0.1, -0.05) is 22.0 Å². The molecule has 0 bridgehead atoms. The fourth-order valence-electron chi connectivity index (χ4n) is 1.45. The lowest BCUT2D eigenvalue weighted by molar-refractivity contribution is 0.503. The second-order valence-corrected chi connectivity index (χ2v) is 4.53. The molecule has 0 fully saturated rings. The number of furan rings is 1. The molecule has 0 aliphatic heterocycles. The number of alkyl halides is 1. The Morgan fingerprint density at radius 1 is 1.25 bits per heavy atom. The Morgan fingerprint density at radius 3 is 2.69 bits per heavy atom. The predicted molar refractivity (Wildman–Crippen MR) is 60.4 cm³/mol. The van der Waals surface area contributed by atoms with E-state index in [0.717, 1.165) is 11.8 Å². The Morgan fingerprint density at radius 2 is 2.06 bits per heavy atom. The van der Waals surface area contributed by atoms with E-state index in [1.807, 2.05) is 0 Å². The third kappa shape index (κ3) is 2.50. The third-order valence-corrected chi connectivity index (χ3v) is 3.04. The summed E-state index contributed by atoms with van der Waals surface area (Å²) in [5.74, 6) is -0.370. The number of hydrogen-bond acceptors (Lipinski definition) is 1. The number of rotatable bonds is 3. The van der Waals surface area contributed by atoms with Crippen molar-refractivity contribution in [2.45, 2.75) is 11.2 Å². The van der Waals surface area contributed by atoms with Crippen LogP contribution in [0.25, 0.3) is 0 Å². The quantitative estimate of drug-likeness (QED) is 0.770. The Bertz CT molecular complexity index is 468. The van der Waals surface area contributed by atoms with E-state index < -0.39 is 11.6 Å². The van der Waals surface area contributed by atoms with Crippen LogP contribution in [-0.4, -0.2) is 0 Å². The summed E-state index contributed by atoms with van der Waals surface area (Å²) >= 11 is 3.40. The highest BCUT2D eigenvalue weighted by molar-refractivity contribution is 9.09. The molecule has 0 spiro atoms. The highest BCUT2D eigenvalue weighted by atomic mass is 79.9. The molecule has 2 aromatic rings. The van der Waals surface area contributed by atoms with Crippen LogP contribution in [0, 0.1) is 11.6 Å². The van der Waals surface area contributed by atoms with Crippen LogP contribution in [0.1, 0.15) is 16.2 Å². The van der Waals surface area contributed by atoms with E-state index in [0.29, 0.717) is 12.0 Å². The zero-order chi connectivity index (χ0) is 11.5. The van der Waals surface area contributed by atoms with Crippen molar-refractivity contribution >= 4 is 15.9 Å². The molecule has 0 aliphatic carbocycles. The highest BCUT2D eigenvalue weighted by Gasteiger charge is 2.14. The van der Waals surface area contributed by atoms with Gasteiger partial charge < -0.3 is 4.42 Å². The van der Waals surface area contributed by atoms with Crippen molar-refractivity contribution in [3.05, 3.63) is 59.6 Å². The van der Waals surface area contributed by atoms with Crippen molar-refractivity contribution in [3.63, 3.8) is 0 Å². The van der Waals surface area contributed by atoms with E-state index in [-0.39, 0.29) is 4.83 Å². The van der Waals surface area contributed by atoms with Gasteiger partial charge in [0, 0.05) is 6.07 Å². The van der Waals surface area contributed by atoms with Crippen molar-refractivity contribution in [1.29, 1.82) is 0 Å². The second kappa shape index (κ2) is 4.78. The molecule has 0 saturated heterocycles. The van der Waals surface area contributed by atoms with Gasteiger partial charge in [-0.25, -0.2) is 8.78 Å². The van der Waals surface area contributed by atoms with Gasteiger partial charge in [0.25, 0.3) is 0 Å². The number of halogens is 3. The molecule has 0 N–H and O–H groups in total. The first-order valence-electron chi connectivity index (χ1n) is 4.78. The normalized spacial score (nSPS) is 12.7. The van der Waals surface area contributed by atoms with Crippen molar-refractivity contribution in [2.75, 3.05) is 0 Å². The van der Waals surface area contributed by atoms with Crippen molar-refractivity contribution < 1.29 is 13.2 Å². The average molecular weight is 287 g/mol. The van der Waals surface area contributed by atoms with Crippen LogP contribution in [0.2, 0.25) is 0 Å². The largest absolute Gasteiger partial charge is 0.468 e. The lowest BCUT2D eigenvalue weighted by atomic mass is 10.1. The van der Waals surface area contributed by atoms with Gasteiger partial charge in [0.15, 0.2) is 0 Å². The number of hydrogen-bond donors (Lipinski definition) is 0. The third-order valence-electron chi connectivity index (χ3n) is 2.27. The van der Waals surface area contributed by atoms with Crippen LogP contribution in [0.5, 0.6) is 0 Å². The van der Waals surface area contributed by atoms with E-state index >= 15 is 0 Å². The molecule has 0 amide bonds. The summed E-state index contributed by atoms with van der Waals surface area (Å²) in [6.07, 6.45) is 1.98. The Labute approximate surface area is 100 Å². The van der Waals surface area contributed by atoms with Crippen molar-refractivity contribution in [2.24, 2.45) is 0 Å². The van der Waals surface area contributed by atoms with Crippen molar-refractivity contribution in [3.8, 4) is 0 Å². The lowest BCUT2D eigenvalue weighted by Crippen LogP contribution is -1.97. The predicted octanol–water partition coefficient (Wildman–Crippen LogP) is 4.24. The van der Waals surface area contributed by atoms with Crippen LogP contribution in [0.4, 0.5) is 8.78 Å². The van der Waals surface area contributed by atoms with Gasteiger partial charge in [-0.15, -0.1) is 0 Å². The molecule has 1 heterocycles. The second-order valence-electron chi connectivity index (χ2n) is 3.42. The van der Waals surface area contributed by atoms with Gasteiger partial charge in [-0.3, -0.25) is 0 Å². The minimum absolute atomic E-state index is 0.109. The molecule has 2 rings (SSSR count). The van der Waals surface area contributed by atoms with E-state index in [2.05, 4.69) is 15.9 Å². The van der Waals surface area contributed by atoms with Gasteiger partial charge in [0.2, 0.25) is 0 Å². The van der Waals surface area contributed by atoms with Crippen LogP contribution in [0.15, 0.2) is 41.0 Å². The van der Waals surface area contributed by atoms with Gasteiger partial charge in [0.1, 0.15) is 17.4 Å². The Hall–Kier alpha value is -1.16. The van der Waals surface area contributed by atoms with Crippen LogP contribution >= 0.6 is 15.9 Å². The minimum Gasteiger partial charge on any atom is -0.468 e. The number of benzene rings is 1. The van der Waals surface area contributed by atoms with Crippen LogP contribution in [-0.2, 0) is 6.42 Å². The molecular weight excluding hydrogens is 278 g/mol. The lowest BCUT2D eigenvalue weighted by Gasteiger charge is -2.07. The maximum Gasteiger partial charge on any atom is 0.129 e. The zero-order valence-electron chi connectivity index (χ0n) is 8.29. The zero-order valence-corrected chi connectivity index (χ0v) is 9.88. The summed E-state index contributed by atoms with van der Waals surface area (Å²) in [5, 5.41) is 0. The molecule has 1 aromatic carbocycles. The molecule has 0 radical (unpaired) electrons.